The van der Waals surface area contributed by atoms with Gasteiger partial charge in [-0.3, -0.25) is 14.3 Å². The second-order valence-electron chi connectivity index (χ2n) is 7.81. The van der Waals surface area contributed by atoms with E-state index in [4.69, 9.17) is 9.15 Å². The zero-order valence-electron chi connectivity index (χ0n) is 19.1. The maximum atomic E-state index is 12.7. The van der Waals surface area contributed by atoms with Crippen molar-refractivity contribution in [2.45, 2.75) is 20.0 Å². The summed E-state index contributed by atoms with van der Waals surface area (Å²) in [6, 6.07) is 19.3. The Morgan fingerprint density at radius 2 is 1.80 bits per heavy atom. The molecular formula is C26H24N4O5. The maximum Gasteiger partial charge on any atom is 0.374 e. The first kappa shape index (κ1) is 23.5. The first-order valence-electron chi connectivity index (χ1n) is 10.9. The topological polar surface area (TPSA) is 115 Å². The van der Waals surface area contributed by atoms with E-state index in [1.807, 2.05) is 31.2 Å². The maximum absolute atomic E-state index is 12.7. The van der Waals surface area contributed by atoms with Crippen molar-refractivity contribution in [2.75, 3.05) is 11.9 Å². The summed E-state index contributed by atoms with van der Waals surface area (Å²) in [5.74, 6) is -1.18. The molecule has 35 heavy (non-hydrogen) atoms. The summed E-state index contributed by atoms with van der Waals surface area (Å²) >= 11 is 0. The molecule has 0 bridgehead atoms. The number of amides is 2. The molecule has 4 aromatic rings. The number of ether oxygens (including phenoxy) is 1. The fourth-order valence-electron chi connectivity index (χ4n) is 3.29. The van der Waals surface area contributed by atoms with Crippen molar-refractivity contribution in [3.05, 3.63) is 107 Å². The van der Waals surface area contributed by atoms with Crippen molar-refractivity contribution in [1.82, 2.24) is 15.1 Å². The number of nitrogens with zero attached hydrogens (tertiary/aromatic N) is 2. The molecule has 2 N–H and O–H groups in total. The molecule has 178 valence electrons. The largest absolute Gasteiger partial charge is 0.452 e. The Labute approximate surface area is 201 Å². The average Bonchev–Trinajstić information content (AvgIpc) is 3.55. The van der Waals surface area contributed by atoms with Gasteiger partial charge in [0.2, 0.25) is 5.76 Å². The molecule has 2 amide bonds. The third-order valence-corrected chi connectivity index (χ3v) is 5.09. The highest BCUT2D eigenvalue weighted by Crippen LogP contribution is 2.16. The number of esters is 1. The first-order chi connectivity index (χ1) is 17.0. The first-order valence-corrected chi connectivity index (χ1v) is 10.9. The number of aryl methyl sites for hydroxylation is 1. The molecule has 2 heterocycles. The lowest BCUT2D eigenvalue weighted by Crippen LogP contribution is -2.26. The van der Waals surface area contributed by atoms with Crippen LogP contribution in [0.1, 0.15) is 37.8 Å². The number of carbonyl (C=O) groups excluding carboxylic acids is 3. The van der Waals surface area contributed by atoms with Crippen molar-refractivity contribution in [3.63, 3.8) is 0 Å². The van der Waals surface area contributed by atoms with Crippen LogP contribution in [-0.4, -0.2) is 34.2 Å². The number of aromatic nitrogens is 2. The molecule has 9 heteroatoms. The summed E-state index contributed by atoms with van der Waals surface area (Å²) in [6.45, 7) is 2.18. The molecule has 0 aliphatic carbocycles. The van der Waals surface area contributed by atoms with Crippen LogP contribution in [0.5, 0.6) is 0 Å². The molecule has 2 aromatic heterocycles. The lowest BCUT2D eigenvalue weighted by atomic mass is 10.1. The van der Waals surface area contributed by atoms with Crippen LogP contribution < -0.4 is 10.6 Å². The van der Waals surface area contributed by atoms with Gasteiger partial charge in [0.25, 0.3) is 11.8 Å². The summed E-state index contributed by atoms with van der Waals surface area (Å²) < 4.78 is 12.2. The Hall–Kier alpha value is -4.66. The number of hydrogen-bond donors (Lipinski definition) is 2. The number of rotatable bonds is 9. The van der Waals surface area contributed by atoms with Crippen LogP contribution in [0.15, 0.2) is 83.5 Å². The fourth-order valence-corrected chi connectivity index (χ4v) is 3.29. The molecule has 0 fully saturated rings. The van der Waals surface area contributed by atoms with Crippen LogP contribution >= 0.6 is 0 Å². The van der Waals surface area contributed by atoms with E-state index in [9.17, 15) is 14.4 Å². The Morgan fingerprint density at radius 3 is 2.57 bits per heavy atom. The third-order valence-electron chi connectivity index (χ3n) is 5.09. The van der Waals surface area contributed by atoms with E-state index < -0.39 is 18.5 Å². The molecular weight excluding hydrogens is 448 g/mol. The van der Waals surface area contributed by atoms with Crippen molar-refractivity contribution in [1.29, 1.82) is 0 Å². The second-order valence-corrected chi connectivity index (χ2v) is 7.81. The number of benzene rings is 2. The summed E-state index contributed by atoms with van der Waals surface area (Å²) in [5, 5.41) is 9.54. The predicted molar refractivity (Wildman–Crippen MR) is 128 cm³/mol. The van der Waals surface area contributed by atoms with Crippen molar-refractivity contribution in [3.8, 4) is 0 Å². The quantitative estimate of drug-likeness (QED) is 0.360. The highest BCUT2D eigenvalue weighted by atomic mass is 16.5. The highest BCUT2D eigenvalue weighted by molar-refractivity contribution is 6.04. The standard InChI is InChI=1S/C26H24N4O5/c1-18-7-9-19(10-8-18)15-27-25(32)21-5-2-3-6-22(21)29-24(31)17-34-26(33)23-12-11-20(35-23)16-30-14-4-13-28-30/h2-14H,15-17H2,1H3,(H,27,32)(H,29,31). The number of para-hydroxylation sites is 1. The van der Waals surface area contributed by atoms with E-state index in [2.05, 4.69) is 15.7 Å². The van der Waals surface area contributed by atoms with E-state index in [-0.39, 0.29) is 11.7 Å². The van der Waals surface area contributed by atoms with Gasteiger partial charge in [0.15, 0.2) is 6.61 Å². The van der Waals surface area contributed by atoms with Gasteiger partial charge in [-0.1, -0.05) is 42.0 Å². The van der Waals surface area contributed by atoms with E-state index in [0.29, 0.717) is 30.1 Å². The minimum Gasteiger partial charge on any atom is -0.452 e. The average molecular weight is 473 g/mol. The van der Waals surface area contributed by atoms with Gasteiger partial charge < -0.3 is 19.8 Å². The molecule has 2 aromatic carbocycles. The molecule has 0 unspecified atom stereocenters. The molecule has 9 nitrogen and oxygen atoms in total. The van der Waals surface area contributed by atoms with Crippen LogP contribution in [-0.2, 0) is 22.6 Å². The zero-order valence-corrected chi connectivity index (χ0v) is 19.1. The molecule has 0 aliphatic heterocycles. The van der Waals surface area contributed by atoms with Gasteiger partial charge in [-0.15, -0.1) is 0 Å². The lowest BCUT2D eigenvalue weighted by Gasteiger charge is -2.12. The lowest BCUT2D eigenvalue weighted by molar-refractivity contribution is -0.119. The summed E-state index contributed by atoms with van der Waals surface area (Å²) in [4.78, 5) is 37.3. The molecule has 0 aliphatic rings. The smallest absolute Gasteiger partial charge is 0.374 e. The van der Waals surface area contributed by atoms with E-state index in [1.165, 1.54) is 6.07 Å². The van der Waals surface area contributed by atoms with Gasteiger partial charge in [0.05, 0.1) is 17.8 Å². The number of nitrogens with one attached hydrogen (secondary N) is 2. The summed E-state index contributed by atoms with van der Waals surface area (Å²) in [7, 11) is 0. The van der Waals surface area contributed by atoms with Gasteiger partial charge >= 0.3 is 5.97 Å². The SMILES string of the molecule is Cc1ccc(CNC(=O)c2ccccc2NC(=O)COC(=O)c2ccc(Cn3cccn3)o2)cc1. The summed E-state index contributed by atoms with van der Waals surface area (Å²) in [6.07, 6.45) is 3.41. The van der Waals surface area contributed by atoms with Crippen LogP contribution in [0.25, 0.3) is 0 Å². The van der Waals surface area contributed by atoms with Crippen LogP contribution in [0.4, 0.5) is 5.69 Å². The molecule has 0 radical (unpaired) electrons. The van der Waals surface area contributed by atoms with Gasteiger partial charge in [-0.05, 0) is 42.8 Å². The van der Waals surface area contributed by atoms with Crippen LogP contribution in [0.2, 0.25) is 0 Å². The molecule has 0 atom stereocenters. The molecule has 0 spiro atoms. The monoisotopic (exact) mass is 472 g/mol. The summed E-state index contributed by atoms with van der Waals surface area (Å²) in [5.41, 5.74) is 2.71. The van der Waals surface area contributed by atoms with E-state index in [1.54, 1.807) is 53.5 Å². The van der Waals surface area contributed by atoms with Crippen LogP contribution in [0.3, 0.4) is 0 Å². The van der Waals surface area contributed by atoms with Crippen molar-refractivity contribution < 1.29 is 23.5 Å². The van der Waals surface area contributed by atoms with Gasteiger partial charge in [0.1, 0.15) is 5.76 Å². The zero-order chi connectivity index (χ0) is 24.6. The Bertz CT molecular complexity index is 1310. The Morgan fingerprint density at radius 1 is 1.00 bits per heavy atom. The predicted octanol–water partition coefficient (Wildman–Crippen LogP) is 3.56. The Balaban J connectivity index is 1.29. The van der Waals surface area contributed by atoms with Crippen molar-refractivity contribution >= 4 is 23.5 Å². The second kappa shape index (κ2) is 11.0. The normalized spacial score (nSPS) is 10.5. The number of hydrogen-bond acceptors (Lipinski definition) is 6. The Kier molecular flexibility index (Phi) is 7.37. The third kappa shape index (κ3) is 6.44. The molecule has 0 saturated carbocycles. The van der Waals surface area contributed by atoms with Crippen LogP contribution in [0, 0.1) is 6.92 Å². The minimum absolute atomic E-state index is 0.0177. The van der Waals surface area contributed by atoms with Crippen molar-refractivity contribution in [2.24, 2.45) is 0 Å². The van der Waals surface area contributed by atoms with E-state index >= 15 is 0 Å². The van der Waals surface area contributed by atoms with Gasteiger partial charge in [-0.2, -0.15) is 5.10 Å². The minimum atomic E-state index is -0.768. The number of anilines is 1. The van der Waals surface area contributed by atoms with Gasteiger partial charge in [-0.25, -0.2) is 4.79 Å². The number of furan rings is 1. The number of carbonyl (C=O) groups is 3. The molecule has 0 saturated heterocycles. The van der Waals surface area contributed by atoms with Gasteiger partial charge in [0, 0.05) is 18.9 Å². The highest BCUT2D eigenvalue weighted by Gasteiger charge is 2.17. The molecule has 4 rings (SSSR count). The van der Waals surface area contributed by atoms with E-state index in [0.717, 1.165) is 11.1 Å². The fraction of sp³-hybridized carbons (Fsp3) is 0.154.